The summed E-state index contributed by atoms with van der Waals surface area (Å²) in [6, 6.07) is 17.5. The molecular weight excluding hydrogens is 357 g/mol. The minimum Gasteiger partial charge on any atom is -0.356 e. The van der Waals surface area contributed by atoms with Crippen molar-refractivity contribution in [3.63, 3.8) is 0 Å². The number of hydrogen-bond donors (Lipinski definition) is 1. The van der Waals surface area contributed by atoms with Crippen LogP contribution >= 0.6 is 0 Å². The minimum absolute atomic E-state index is 0.0157. The molecule has 0 saturated heterocycles. The molecule has 3 heterocycles. The van der Waals surface area contributed by atoms with Gasteiger partial charge < -0.3 is 5.32 Å². The van der Waals surface area contributed by atoms with Crippen molar-refractivity contribution in [1.82, 2.24) is 24.8 Å². The van der Waals surface area contributed by atoms with E-state index in [0.29, 0.717) is 10.2 Å². The Morgan fingerprint density at radius 1 is 0.889 bits per heavy atom. The lowest BCUT2D eigenvalue weighted by molar-refractivity contribution is -0.146. The first-order chi connectivity index (χ1) is 13.0. The van der Waals surface area contributed by atoms with Crippen molar-refractivity contribution in [2.24, 2.45) is 0 Å². The number of pyridine rings is 1. The third-order valence-corrected chi connectivity index (χ3v) is 3.93. The number of benzene rings is 1. The second-order valence-electron chi connectivity index (χ2n) is 5.75. The maximum atomic E-state index is 13.1. The highest BCUT2D eigenvalue weighted by Gasteiger charge is 2.37. The summed E-state index contributed by atoms with van der Waals surface area (Å²) in [7, 11) is 0. The zero-order chi connectivity index (χ0) is 18.9. The second kappa shape index (κ2) is 6.67. The fourth-order valence-electron chi connectivity index (χ4n) is 2.71. The van der Waals surface area contributed by atoms with Crippen LogP contribution in [0.3, 0.4) is 0 Å². The molecule has 0 aliphatic rings. The number of alkyl halides is 3. The van der Waals surface area contributed by atoms with Crippen molar-refractivity contribution in [3.05, 3.63) is 83.9 Å². The van der Waals surface area contributed by atoms with Gasteiger partial charge in [-0.25, -0.2) is 0 Å². The molecule has 3 aromatic heterocycles. The van der Waals surface area contributed by atoms with Gasteiger partial charge in [0.15, 0.2) is 5.65 Å². The van der Waals surface area contributed by atoms with Gasteiger partial charge in [-0.15, -0.1) is 15.3 Å². The van der Waals surface area contributed by atoms with Gasteiger partial charge in [-0.1, -0.05) is 36.4 Å². The highest BCUT2D eigenvalue weighted by atomic mass is 19.4. The quantitative estimate of drug-likeness (QED) is 0.593. The first-order valence-corrected chi connectivity index (χ1v) is 8.04. The standard InChI is InChI=1S/C18H13F3N6/c19-18(20,21)17-25-24-15-10-9-14(26-27(15)17)23-16(12-6-2-1-3-7-12)13-8-4-5-11-22-13/h1-11,16H,(H,23,26). The molecule has 0 spiro atoms. The number of anilines is 1. The average Bonchev–Trinajstić information content (AvgIpc) is 3.11. The summed E-state index contributed by atoms with van der Waals surface area (Å²) in [6.45, 7) is 0. The van der Waals surface area contributed by atoms with Gasteiger partial charge in [0.25, 0.3) is 5.82 Å². The Kier molecular flexibility index (Phi) is 4.19. The van der Waals surface area contributed by atoms with Crippen LogP contribution in [0.25, 0.3) is 5.65 Å². The Balaban J connectivity index is 1.75. The Morgan fingerprint density at radius 3 is 2.37 bits per heavy atom. The normalized spacial score (nSPS) is 12.9. The summed E-state index contributed by atoms with van der Waals surface area (Å²) in [5.41, 5.74) is 1.63. The van der Waals surface area contributed by atoms with E-state index in [-0.39, 0.29) is 17.5 Å². The van der Waals surface area contributed by atoms with Crippen LogP contribution in [0.1, 0.15) is 23.1 Å². The third-order valence-electron chi connectivity index (χ3n) is 3.93. The molecule has 4 aromatic rings. The summed E-state index contributed by atoms with van der Waals surface area (Å²) < 4.78 is 39.9. The van der Waals surface area contributed by atoms with E-state index in [9.17, 15) is 13.2 Å². The van der Waals surface area contributed by atoms with E-state index in [4.69, 9.17) is 0 Å². The third kappa shape index (κ3) is 3.43. The molecule has 27 heavy (non-hydrogen) atoms. The van der Waals surface area contributed by atoms with E-state index in [2.05, 4.69) is 25.6 Å². The van der Waals surface area contributed by atoms with E-state index in [1.807, 2.05) is 42.5 Å². The minimum atomic E-state index is -4.65. The van der Waals surface area contributed by atoms with E-state index < -0.39 is 12.0 Å². The molecule has 6 nitrogen and oxygen atoms in total. The summed E-state index contributed by atoms with van der Waals surface area (Å²) in [5, 5.41) is 13.9. The lowest BCUT2D eigenvalue weighted by Crippen LogP contribution is -2.17. The van der Waals surface area contributed by atoms with Crippen molar-refractivity contribution < 1.29 is 13.2 Å². The SMILES string of the molecule is FC(F)(F)c1nnc2ccc(NC(c3ccccc3)c3ccccn3)nn12. The Morgan fingerprint density at radius 2 is 1.67 bits per heavy atom. The largest absolute Gasteiger partial charge is 0.453 e. The van der Waals surface area contributed by atoms with Crippen molar-refractivity contribution in [3.8, 4) is 0 Å². The lowest BCUT2D eigenvalue weighted by Gasteiger charge is -2.19. The number of hydrogen-bond acceptors (Lipinski definition) is 5. The molecule has 0 aliphatic heterocycles. The fourth-order valence-corrected chi connectivity index (χ4v) is 2.71. The van der Waals surface area contributed by atoms with Gasteiger partial charge in [0.05, 0.1) is 11.7 Å². The molecule has 0 aliphatic carbocycles. The second-order valence-corrected chi connectivity index (χ2v) is 5.75. The molecule has 4 rings (SSSR count). The summed E-state index contributed by atoms with van der Waals surface area (Å²) in [4.78, 5) is 4.36. The molecule has 1 N–H and O–H groups in total. The molecular formula is C18H13F3N6. The number of rotatable bonds is 4. The van der Waals surface area contributed by atoms with Crippen molar-refractivity contribution in [2.75, 3.05) is 5.32 Å². The van der Waals surface area contributed by atoms with Crippen LogP contribution in [0.2, 0.25) is 0 Å². The van der Waals surface area contributed by atoms with Gasteiger partial charge in [-0.05, 0) is 29.8 Å². The molecule has 0 bridgehead atoms. The fraction of sp³-hybridized carbons (Fsp3) is 0.111. The molecule has 1 unspecified atom stereocenters. The van der Waals surface area contributed by atoms with Crippen LogP contribution in [0.4, 0.5) is 19.0 Å². The van der Waals surface area contributed by atoms with Crippen molar-refractivity contribution in [2.45, 2.75) is 12.2 Å². The molecule has 0 amide bonds. The zero-order valence-corrected chi connectivity index (χ0v) is 13.8. The van der Waals surface area contributed by atoms with E-state index in [1.165, 1.54) is 6.07 Å². The number of fused-ring (bicyclic) bond motifs is 1. The van der Waals surface area contributed by atoms with Crippen molar-refractivity contribution >= 4 is 11.5 Å². The van der Waals surface area contributed by atoms with Gasteiger partial charge in [0.1, 0.15) is 5.82 Å². The first kappa shape index (κ1) is 17.0. The maximum Gasteiger partial charge on any atom is 0.453 e. The van der Waals surface area contributed by atoms with Gasteiger partial charge in [0.2, 0.25) is 0 Å². The lowest BCUT2D eigenvalue weighted by atomic mass is 10.0. The number of nitrogens with one attached hydrogen (secondary N) is 1. The van der Waals surface area contributed by atoms with Crippen LogP contribution in [-0.4, -0.2) is 24.8 Å². The summed E-state index contributed by atoms with van der Waals surface area (Å²) in [5.74, 6) is -0.928. The smallest absolute Gasteiger partial charge is 0.356 e. The molecule has 1 atom stereocenters. The molecule has 0 fully saturated rings. The van der Waals surface area contributed by atoms with E-state index >= 15 is 0 Å². The summed E-state index contributed by atoms with van der Waals surface area (Å²) in [6.07, 6.45) is -2.99. The Bertz CT molecular complexity index is 1010. The Labute approximate surface area is 151 Å². The van der Waals surface area contributed by atoms with E-state index in [0.717, 1.165) is 5.56 Å². The van der Waals surface area contributed by atoms with Crippen molar-refractivity contribution in [1.29, 1.82) is 0 Å². The molecule has 0 radical (unpaired) electrons. The van der Waals surface area contributed by atoms with Gasteiger partial charge in [-0.2, -0.15) is 17.7 Å². The topological polar surface area (TPSA) is 68.0 Å². The molecule has 1 aromatic carbocycles. The van der Waals surface area contributed by atoms with Gasteiger partial charge in [-0.3, -0.25) is 4.98 Å². The molecule has 9 heteroatoms. The Hall–Kier alpha value is -3.49. The van der Waals surface area contributed by atoms with E-state index in [1.54, 1.807) is 18.3 Å². The first-order valence-electron chi connectivity index (χ1n) is 8.04. The van der Waals surface area contributed by atoms with Crippen LogP contribution in [0.5, 0.6) is 0 Å². The van der Waals surface area contributed by atoms with Gasteiger partial charge >= 0.3 is 6.18 Å². The maximum absolute atomic E-state index is 13.1. The predicted octanol–water partition coefficient (Wildman–Crippen LogP) is 3.74. The highest BCUT2D eigenvalue weighted by molar-refractivity contribution is 5.47. The number of aromatic nitrogens is 5. The monoisotopic (exact) mass is 370 g/mol. The molecule has 0 saturated carbocycles. The number of halogens is 3. The predicted molar refractivity (Wildman–Crippen MR) is 91.9 cm³/mol. The zero-order valence-electron chi connectivity index (χ0n) is 13.8. The number of nitrogens with zero attached hydrogens (tertiary/aromatic N) is 5. The van der Waals surface area contributed by atoms with Crippen LogP contribution in [0, 0.1) is 0 Å². The van der Waals surface area contributed by atoms with Gasteiger partial charge in [0, 0.05) is 6.20 Å². The highest BCUT2D eigenvalue weighted by Crippen LogP contribution is 2.28. The average molecular weight is 370 g/mol. The summed E-state index contributed by atoms with van der Waals surface area (Å²) >= 11 is 0. The van der Waals surface area contributed by atoms with Crippen LogP contribution in [-0.2, 0) is 6.18 Å². The molecule has 136 valence electrons. The van der Waals surface area contributed by atoms with Crippen LogP contribution < -0.4 is 5.32 Å². The van der Waals surface area contributed by atoms with Crippen LogP contribution in [0.15, 0.2) is 66.9 Å².